The van der Waals surface area contributed by atoms with Crippen LogP contribution in [0.5, 0.6) is 0 Å². The second-order valence-corrected chi connectivity index (χ2v) is 2.92. The molecule has 1 N–H and O–H groups in total. The summed E-state index contributed by atoms with van der Waals surface area (Å²) in [4.78, 5) is 15.1. The molecule has 1 atom stereocenters. The maximum atomic E-state index is 13.1. The van der Waals surface area contributed by atoms with Gasteiger partial charge in [-0.1, -0.05) is 0 Å². The van der Waals surface area contributed by atoms with Gasteiger partial charge in [0.2, 0.25) is 0 Å². The molecular weight excluding hydrogens is 199 g/mol. The summed E-state index contributed by atoms with van der Waals surface area (Å²) >= 11 is 0. The highest BCUT2D eigenvalue weighted by atomic mass is 19.1. The third-order valence-electron chi connectivity index (χ3n) is 1.79. The lowest BCUT2D eigenvalue weighted by Crippen LogP contribution is -2.28. The van der Waals surface area contributed by atoms with Crippen molar-refractivity contribution in [2.24, 2.45) is 0 Å². The number of anilines is 1. The molecule has 0 saturated heterocycles. The Kier molecular flexibility index (Phi) is 4.17. The summed E-state index contributed by atoms with van der Waals surface area (Å²) in [6, 6.07) is 2.69. The van der Waals surface area contributed by atoms with Crippen molar-refractivity contribution in [3.05, 3.63) is 24.1 Å². The number of aromatic nitrogens is 1. The van der Waals surface area contributed by atoms with Crippen LogP contribution >= 0.6 is 0 Å². The zero-order valence-electron chi connectivity index (χ0n) is 8.66. The van der Waals surface area contributed by atoms with Crippen molar-refractivity contribution >= 4 is 11.7 Å². The molecule has 0 aromatic carbocycles. The largest absolute Gasteiger partial charge is 0.369 e. The zero-order chi connectivity index (χ0) is 11.3. The second kappa shape index (κ2) is 5.41. The number of halogens is 1. The van der Waals surface area contributed by atoms with E-state index in [1.54, 1.807) is 13.8 Å². The van der Waals surface area contributed by atoms with Crippen LogP contribution in [0.25, 0.3) is 0 Å². The van der Waals surface area contributed by atoms with Gasteiger partial charge in [-0.05, 0) is 26.0 Å². The predicted octanol–water partition coefficient (Wildman–Crippen LogP) is 1.58. The quantitative estimate of drug-likeness (QED) is 0.824. The fraction of sp³-hybridized carbons (Fsp3) is 0.400. The first-order chi connectivity index (χ1) is 7.15. The number of ether oxygens (including phenoxy) is 1. The van der Waals surface area contributed by atoms with Crippen LogP contribution in [-0.2, 0) is 9.53 Å². The van der Waals surface area contributed by atoms with Gasteiger partial charge in [0.05, 0.1) is 0 Å². The maximum Gasteiger partial charge on any atom is 0.254 e. The minimum absolute atomic E-state index is 0.0750. The second-order valence-electron chi connectivity index (χ2n) is 2.92. The van der Waals surface area contributed by atoms with E-state index in [0.717, 1.165) is 0 Å². The van der Waals surface area contributed by atoms with Crippen molar-refractivity contribution < 1.29 is 13.9 Å². The van der Waals surface area contributed by atoms with Crippen LogP contribution in [-0.4, -0.2) is 23.6 Å². The van der Waals surface area contributed by atoms with Crippen LogP contribution < -0.4 is 5.32 Å². The number of pyridine rings is 1. The fourth-order valence-corrected chi connectivity index (χ4v) is 1.02. The van der Waals surface area contributed by atoms with Gasteiger partial charge in [-0.25, -0.2) is 9.37 Å². The monoisotopic (exact) mass is 212 g/mol. The molecular formula is C10H13FN2O2. The number of rotatable bonds is 4. The summed E-state index contributed by atoms with van der Waals surface area (Å²) in [7, 11) is 0. The van der Waals surface area contributed by atoms with Crippen LogP contribution in [0.4, 0.5) is 10.2 Å². The minimum atomic E-state index is -0.614. The molecule has 1 unspecified atom stereocenters. The van der Waals surface area contributed by atoms with Crippen molar-refractivity contribution in [3.63, 3.8) is 0 Å². The van der Waals surface area contributed by atoms with E-state index >= 15 is 0 Å². The van der Waals surface area contributed by atoms with Crippen molar-refractivity contribution in [1.29, 1.82) is 0 Å². The molecule has 1 heterocycles. The van der Waals surface area contributed by atoms with E-state index in [-0.39, 0.29) is 5.82 Å². The van der Waals surface area contributed by atoms with Gasteiger partial charge >= 0.3 is 0 Å². The summed E-state index contributed by atoms with van der Waals surface area (Å²) in [6.07, 6.45) is 0.792. The molecule has 1 aromatic rings. The molecule has 0 aliphatic carbocycles. The Morgan fingerprint density at radius 3 is 3.07 bits per heavy atom. The Bertz CT molecular complexity index is 344. The molecule has 0 bridgehead atoms. The van der Waals surface area contributed by atoms with Crippen LogP contribution in [0.2, 0.25) is 0 Å². The van der Waals surface area contributed by atoms with Crippen molar-refractivity contribution in [3.8, 4) is 0 Å². The highest BCUT2D eigenvalue weighted by Crippen LogP contribution is 2.09. The minimum Gasteiger partial charge on any atom is -0.369 e. The van der Waals surface area contributed by atoms with Crippen LogP contribution in [0, 0.1) is 5.82 Å². The van der Waals surface area contributed by atoms with Crippen LogP contribution in [0.3, 0.4) is 0 Å². The molecule has 0 radical (unpaired) electrons. The average Bonchev–Trinajstić information content (AvgIpc) is 2.21. The standard InChI is InChI=1S/C10H13FN2O2/c1-3-15-7(2)10(14)13-9-8(11)5-4-6-12-9/h4-7H,3H2,1-2H3,(H,12,13,14). The van der Waals surface area contributed by atoms with E-state index in [2.05, 4.69) is 10.3 Å². The number of nitrogens with zero attached hydrogens (tertiary/aromatic N) is 1. The first kappa shape index (κ1) is 11.6. The number of carbonyl (C=O) groups excluding carboxylic acids is 1. The molecule has 0 spiro atoms. The van der Waals surface area contributed by atoms with Gasteiger partial charge in [-0.15, -0.1) is 0 Å². The Morgan fingerprint density at radius 2 is 2.47 bits per heavy atom. The van der Waals surface area contributed by atoms with Crippen molar-refractivity contribution in [2.45, 2.75) is 20.0 Å². The number of hydrogen-bond acceptors (Lipinski definition) is 3. The molecule has 0 saturated carbocycles. The smallest absolute Gasteiger partial charge is 0.254 e. The molecule has 5 heteroatoms. The van der Waals surface area contributed by atoms with Gasteiger partial charge in [-0.2, -0.15) is 0 Å². The highest BCUT2D eigenvalue weighted by Gasteiger charge is 2.14. The lowest BCUT2D eigenvalue weighted by molar-refractivity contribution is -0.126. The number of amides is 1. The maximum absolute atomic E-state index is 13.1. The summed E-state index contributed by atoms with van der Waals surface area (Å²) in [6.45, 7) is 3.81. The molecule has 82 valence electrons. The first-order valence-electron chi connectivity index (χ1n) is 4.68. The number of hydrogen-bond donors (Lipinski definition) is 1. The lowest BCUT2D eigenvalue weighted by atomic mass is 10.3. The number of nitrogens with one attached hydrogen (secondary N) is 1. The van der Waals surface area contributed by atoms with Crippen molar-refractivity contribution in [2.75, 3.05) is 11.9 Å². The lowest BCUT2D eigenvalue weighted by Gasteiger charge is -2.11. The average molecular weight is 212 g/mol. The van der Waals surface area contributed by atoms with Gasteiger partial charge < -0.3 is 10.1 Å². The third-order valence-corrected chi connectivity index (χ3v) is 1.79. The van der Waals surface area contributed by atoms with Crippen LogP contribution in [0.1, 0.15) is 13.8 Å². The molecule has 15 heavy (non-hydrogen) atoms. The first-order valence-corrected chi connectivity index (χ1v) is 4.68. The van der Waals surface area contributed by atoms with Crippen molar-refractivity contribution in [1.82, 2.24) is 4.98 Å². The van der Waals surface area contributed by atoms with Gasteiger partial charge in [0.15, 0.2) is 11.6 Å². The Balaban J connectivity index is 2.62. The SMILES string of the molecule is CCOC(C)C(=O)Nc1ncccc1F. The Labute approximate surface area is 87.5 Å². The topological polar surface area (TPSA) is 51.2 Å². The van der Waals surface area contributed by atoms with Gasteiger partial charge in [-0.3, -0.25) is 4.79 Å². The summed E-state index contributed by atoms with van der Waals surface area (Å²) in [5.41, 5.74) is 0. The molecule has 1 rings (SSSR count). The van der Waals surface area contributed by atoms with Gasteiger partial charge in [0.25, 0.3) is 5.91 Å². The van der Waals surface area contributed by atoms with E-state index in [0.29, 0.717) is 6.61 Å². The van der Waals surface area contributed by atoms with E-state index in [4.69, 9.17) is 4.74 Å². The van der Waals surface area contributed by atoms with E-state index in [9.17, 15) is 9.18 Å². The summed E-state index contributed by atoms with van der Waals surface area (Å²) < 4.78 is 18.1. The van der Waals surface area contributed by atoms with E-state index in [1.165, 1.54) is 18.3 Å². The molecule has 1 aromatic heterocycles. The third kappa shape index (κ3) is 3.28. The summed E-state index contributed by atoms with van der Waals surface area (Å²) in [5.74, 6) is -1.04. The number of carbonyl (C=O) groups is 1. The molecule has 1 amide bonds. The van der Waals surface area contributed by atoms with E-state index < -0.39 is 17.8 Å². The van der Waals surface area contributed by atoms with E-state index in [1.807, 2.05) is 0 Å². The normalized spacial score (nSPS) is 12.2. The van der Waals surface area contributed by atoms with Gasteiger partial charge in [0.1, 0.15) is 6.10 Å². The van der Waals surface area contributed by atoms with Crippen LogP contribution in [0.15, 0.2) is 18.3 Å². The predicted molar refractivity (Wildman–Crippen MR) is 53.9 cm³/mol. The zero-order valence-corrected chi connectivity index (χ0v) is 8.66. The molecule has 0 fully saturated rings. The highest BCUT2D eigenvalue weighted by molar-refractivity contribution is 5.93. The Morgan fingerprint density at radius 1 is 1.73 bits per heavy atom. The molecule has 0 aliphatic heterocycles. The fourth-order valence-electron chi connectivity index (χ4n) is 1.02. The molecule has 4 nitrogen and oxygen atoms in total. The summed E-state index contributed by atoms with van der Waals surface area (Å²) in [5, 5.41) is 2.34. The molecule has 0 aliphatic rings. The Hall–Kier alpha value is -1.49. The van der Waals surface area contributed by atoms with Gasteiger partial charge in [0, 0.05) is 12.8 Å².